The standard InChI is InChI=1S/C14H21N2O4P/c1-11(15)14(17)16-10-6-5-9-13(16)21(18,19)20-12-7-3-2-4-8-12/h2-4,7-8,11,13H,5-6,9-10,15H2,1H3,(H,18,19)/t11-,13+/m0/s1. The molecule has 3 atom stereocenters. The highest BCUT2D eigenvalue weighted by Crippen LogP contribution is 2.52. The fourth-order valence-corrected chi connectivity index (χ4v) is 4.10. The molecule has 0 radical (unpaired) electrons. The van der Waals surface area contributed by atoms with E-state index in [9.17, 15) is 14.3 Å². The molecule has 1 unspecified atom stereocenters. The normalized spacial score (nSPS) is 23.2. The van der Waals surface area contributed by atoms with Crippen molar-refractivity contribution in [3.63, 3.8) is 0 Å². The maximum atomic E-state index is 12.6. The average molecular weight is 312 g/mol. The Balaban J connectivity index is 2.19. The van der Waals surface area contributed by atoms with E-state index in [1.165, 1.54) is 4.90 Å². The molecule has 1 aliphatic heterocycles. The largest absolute Gasteiger partial charge is 0.423 e. The monoisotopic (exact) mass is 312 g/mol. The zero-order chi connectivity index (χ0) is 15.5. The number of nitrogens with zero attached hydrogens (tertiary/aromatic N) is 1. The summed E-state index contributed by atoms with van der Waals surface area (Å²) in [6, 6.07) is 7.78. The fraction of sp³-hybridized carbons (Fsp3) is 0.500. The minimum atomic E-state index is -3.99. The number of hydrogen-bond donors (Lipinski definition) is 2. The van der Waals surface area contributed by atoms with E-state index in [0.29, 0.717) is 18.7 Å². The van der Waals surface area contributed by atoms with Crippen molar-refractivity contribution in [2.75, 3.05) is 6.54 Å². The third-order valence-electron chi connectivity index (χ3n) is 3.50. The second kappa shape index (κ2) is 6.60. The van der Waals surface area contributed by atoms with Crippen LogP contribution in [-0.4, -0.2) is 34.1 Å². The van der Waals surface area contributed by atoms with Gasteiger partial charge in [-0.3, -0.25) is 4.79 Å². The maximum absolute atomic E-state index is 12.6. The molecule has 1 saturated heterocycles. The van der Waals surface area contributed by atoms with E-state index >= 15 is 0 Å². The molecule has 1 heterocycles. The molecular weight excluding hydrogens is 291 g/mol. The molecule has 3 N–H and O–H groups in total. The summed E-state index contributed by atoms with van der Waals surface area (Å²) in [5.41, 5.74) is 5.62. The highest BCUT2D eigenvalue weighted by Gasteiger charge is 2.42. The fourth-order valence-electron chi connectivity index (χ4n) is 2.47. The summed E-state index contributed by atoms with van der Waals surface area (Å²) >= 11 is 0. The van der Waals surface area contributed by atoms with E-state index in [2.05, 4.69) is 0 Å². The second-order valence-corrected chi connectivity index (χ2v) is 7.17. The van der Waals surface area contributed by atoms with Gasteiger partial charge in [-0.15, -0.1) is 0 Å². The summed E-state index contributed by atoms with van der Waals surface area (Å²) in [6.07, 6.45) is 2.04. The molecule has 1 aromatic carbocycles. The number of piperidine rings is 1. The summed E-state index contributed by atoms with van der Waals surface area (Å²) in [7, 11) is -3.99. The van der Waals surface area contributed by atoms with Gasteiger partial charge < -0.3 is 20.1 Å². The zero-order valence-corrected chi connectivity index (χ0v) is 12.9. The van der Waals surface area contributed by atoms with E-state index < -0.39 is 19.4 Å². The van der Waals surface area contributed by atoms with Gasteiger partial charge in [0.25, 0.3) is 0 Å². The van der Waals surface area contributed by atoms with Gasteiger partial charge in [-0.05, 0) is 38.3 Å². The summed E-state index contributed by atoms with van der Waals surface area (Å²) in [5, 5.41) is 0. The van der Waals surface area contributed by atoms with Crippen LogP contribution in [0.3, 0.4) is 0 Å². The molecule has 7 heteroatoms. The zero-order valence-electron chi connectivity index (χ0n) is 12.0. The van der Waals surface area contributed by atoms with Crippen LogP contribution in [0.5, 0.6) is 5.75 Å². The van der Waals surface area contributed by atoms with Crippen molar-refractivity contribution in [3.8, 4) is 5.75 Å². The van der Waals surface area contributed by atoms with Crippen molar-refractivity contribution in [1.82, 2.24) is 4.90 Å². The Bertz CT molecular complexity index is 535. The third kappa shape index (κ3) is 3.84. The lowest BCUT2D eigenvalue weighted by Crippen LogP contribution is -2.50. The predicted molar refractivity (Wildman–Crippen MR) is 79.9 cm³/mol. The summed E-state index contributed by atoms with van der Waals surface area (Å²) in [6.45, 7) is 2.02. The quantitative estimate of drug-likeness (QED) is 0.829. The summed E-state index contributed by atoms with van der Waals surface area (Å²) < 4.78 is 17.9. The molecule has 0 spiro atoms. The number of amides is 1. The number of carbonyl (C=O) groups is 1. The Morgan fingerprint density at radius 2 is 2.10 bits per heavy atom. The molecule has 116 valence electrons. The van der Waals surface area contributed by atoms with E-state index in [-0.39, 0.29) is 5.91 Å². The lowest BCUT2D eigenvalue weighted by atomic mass is 10.1. The van der Waals surface area contributed by atoms with Crippen molar-refractivity contribution >= 4 is 13.5 Å². The Hall–Kier alpha value is -1.36. The number of likely N-dealkylation sites (tertiary alicyclic amines) is 1. The molecule has 21 heavy (non-hydrogen) atoms. The first-order valence-electron chi connectivity index (χ1n) is 7.05. The number of hydrogen-bond acceptors (Lipinski definition) is 4. The van der Waals surface area contributed by atoms with Crippen LogP contribution in [-0.2, 0) is 9.36 Å². The van der Waals surface area contributed by atoms with Crippen molar-refractivity contribution in [2.45, 2.75) is 38.0 Å². The Labute approximate surface area is 124 Å². The minimum absolute atomic E-state index is 0.314. The highest BCUT2D eigenvalue weighted by molar-refractivity contribution is 7.54. The van der Waals surface area contributed by atoms with Gasteiger partial charge >= 0.3 is 7.60 Å². The SMILES string of the molecule is C[C@H](N)C(=O)N1CCCC[C@H]1P(=O)(O)Oc1ccccc1. The summed E-state index contributed by atoms with van der Waals surface area (Å²) in [5.74, 6) is -0.822. The first-order chi connectivity index (χ1) is 9.92. The van der Waals surface area contributed by atoms with Crippen LogP contribution in [0, 0.1) is 0 Å². The van der Waals surface area contributed by atoms with Crippen LogP contribution in [0.4, 0.5) is 0 Å². The van der Waals surface area contributed by atoms with Crippen LogP contribution in [0.15, 0.2) is 30.3 Å². The molecule has 0 aliphatic carbocycles. The van der Waals surface area contributed by atoms with Crippen molar-refractivity contribution < 1.29 is 18.8 Å². The topological polar surface area (TPSA) is 92.9 Å². The Morgan fingerprint density at radius 1 is 1.43 bits per heavy atom. The van der Waals surface area contributed by atoms with Gasteiger partial charge in [0, 0.05) is 6.54 Å². The smallest absolute Gasteiger partial charge is 0.398 e. The highest BCUT2D eigenvalue weighted by atomic mass is 31.2. The van der Waals surface area contributed by atoms with Gasteiger partial charge in [0.2, 0.25) is 5.91 Å². The molecule has 1 fully saturated rings. The number of benzene rings is 1. The Morgan fingerprint density at radius 3 is 2.71 bits per heavy atom. The van der Waals surface area contributed by atoms with E-state index in [0.717, 1.165) is 12.8 Å². The van der Waals surface area contributed by atoms with E-state index in [1.54, 1.807) is 37.3 Å². The average Bonchev–Trinajstić information content (AvgIpc) is 2.47. The molecule has 0 bridgehead atoms. The Kier molecular flexibility index (Phi) is 5.04. The molecule has 6 nitrogen and oxygen atoms in total. The van der Waals surface area contributed by atoms with Crippen molar-refractivity contribution in [2.24, 2.45) is 5.73 Å². The molecule has 1 amide bonds. The second-order valence-electron chi connectivity index (χ2n) is 5.27. The molecular formula is C14H21N2O4P. The predicted octanol–water partition coefficient (Wildman–Crippen LogP) is 1.94. The van der Waals surface area contributed by atoms with Gasteiger partial charge in [0.15, 0.2) is 0 Å². The third-order valence-corrected chi connectivity index (χ3v) is 5.26. The molecule has 0 saturated carbocycles. The molecule has 1 aromatic rings. The van der Waals surface area contributed by atoms with E-state index in [4.69, 9.17) is 10.3 Å². The molecule has 1 aliphatic rings. The molecule has 2 rings (SSSR count). The van der Waals surface area contributed by atoms with Crippen LogP contribution in [0.1, 0.15) is 26.2 Å². The maximum Gasteiger partial charge on any atom is 0.398 e. The lowest BCUT2D eigenvalue weighted by molar-refractivity contribution is -0.134. The summed E-state index contributed by atoms with van der Waals surface area (Å²) in [4.78, 5) is 23.8. The minimum Gasteiger partial charge on any atom is -0.423 e. The van der Waals surface area contributed by atoms with E-state index in [1.807, 2.05) is 0 Å². The van der Waals surface area contributed by atoms with Gasteiger partial charge in [-0.1, -0.05) is 18.2 Å². The van der Waals surface area contributed by atoms with Gasteiger partial charge in [-0.2, -0.15) is 0 Å². The van der Waals surface area contributed by atoms with Crippen LogP contribution >= 0.6 is 7.60 Å². The lowest BCUT2D eigenvalue weighted by Gasteiger charge is -2.37. The van der Waals surface area contributed by atoms with Gasteiger partial charge in [0.1, 0.15) is 11.5 Å². The number of rotatable bonds is 4. The first-order valence-corrected chi connectivity index (χ1v) is 8.69. The number of carbonyl (C=O) groups excluding carboxylic acids is 1. The van der Waals surface area contributed by atoms with Crippen LogP contribution in [0.2, 0.25) is 0 Å². The number of nitrogens with two attached hydrogens (primary N) is 1. The van der Waals surface area contributed by atoms with Crippen LogP contribution < -0.4 is 10.3 Å². The van der Waals surface area contributed by atoms with Crippen molar-refractivity contribution in [1.29, 1.82) is 0 Å². The van der Waals surface area contributed by atoms with Crippen LogP contribution in [0.25, 0.3) is 0 Å². The molecule has 0 aromatic heterocycles. The first kappa shape index (κ1) is 16.0. The number of para-hydroxylation sites is 1. The van der Waals surface area contributed by atoms with Gasteiger partial charge in [-0.25, -0.2) is 4.57 Å². The van der Waals surface area contributed by atoms with Gasteiger partial charge in [0.05, 0.1) is 6.04 Å². The van der Waals surface area contributed by atoms with Crippen molar-refractivity contribution in [3.05, 3.63) is 30.3 Å².